The van der Waals surface area contributed by atoms with Gasteiger partial charge >= 0.3 is 5.97 Å². The topological polar surface area (TPSA) is 72.9 Å². The van der Waals surface area contributed by atoms with Gasteiger partial charge in [0.15, 0.2) is 0 Å². The van der Waals surface area contributed by atoms with Gasteiger partial charge in [0, 0.05) is 25.2 Å². The first-order valence-corrected chi connectivity index (χ1v) is 9.75. The van der Waals surface area contributed by atoms with Crippen molar-refractivity contribution < 1.29 is 22.7 Å². The molecule has 0 aliphatic carbocycles. The third-order valence-electron chi connectivity index (χ3n) is 3.63. The lowest BCUT2D eigenvalue weighted by Gasteiger charge is -2.14. The third kappa shape index (κ3) is 5.56. The summed E-state index contributed by atoms with van der Waals surface area (Å²) >= 11 is 5.88. The van der Waals surface area contributed by atoms with Crippen molar-refractivity contribution in [2.45, 2.75) is 11.5 Å². The quantitative estimate of drug-likeness (QED) is 0.518. The number of rotatable bonds is 7. The largest absolute Gasteiger partial charge is 0.495 e. The molecule has 2 aromatic rings. The van der Waals surface area contributed by atoms with E-state index in [1.807, 2.05) is 0 Å². The number of methoxy groups -OCH3 is 1. The Morgan fingerprint density at radius 2 is 1.93 bits per heavy atom. The molecule has 2 aromatic carbocycles. The fraction of sp³-hybridized carbons (Fsp3) is 0.211. The number of carbonyl (C=O) groups excluding carboxylic acids is 1. The molecule has 0 N–H and O–H groups in total. The number of benzene rings is 2. The van der Waals surface area contributed by atoms with Gasteiger partial charge in [-0.15, -0.1) is 0 Å². The van der Waals surface area contributed by atoms with Crippen molar-refractivity contribution in [1.29, 1.82) is 0 Å². The standard InChI is InChI=1S/C19H20ClNO5S/c1-21(2)27(23,24)18-12-14(7-9-17(18)25-3)8-10-19(22)26-13-15-5-4-6-16(20)11-15/h4-12H,13H2,1-3H3/b10-8+. The Labute approximate surface area is 164 Å². The van der Waals surface area contributed by atoms with Crippen LogP contribution in [0.1, 0.15) is 11.1 Å². The zero-order valence-corrected chi connectivity index (χ0v) is 16.8. The molecule has 0 aromatic heterocycles. The Balaban J connectivity index is 2.13. The Morgan fingerprint density at radius 1 is 1.19 bits per heavy atom. The van der Waals surface area contributed by atoms with E-state index in [1.54, 1.807) is 30.3 Å². The zero-order valence-electron chi connectivity index (χ0n) is 15.2. The molecule has 0 aliphatic rings. The van der Waals surface area contributed by atoms with Crippen LogP contribution in [-0.2, 0) is 26.2 Å². The Bertz CT molecular complexity index is 954. The van der Waals surface area contributed by atoms with Crippen molar-refractivity contribution in [1.82, 2.24) is 4.31 Å². The van der Waals surface area contributed by atoms with Gasteiger partial charge in [-0.3, -0.25) is 0 Å². The van der Waals surface area contributed by atoms with Crippen LogP contribution < -0.4 is 4.74 Å². The highest BCUT2D eigenvalue weighted by atomic mass is 35.5. The Kier molecular flexibility index (Phi) is 7.01. The predicted octanol–water partition coefficient (Wildman–Crippen LogP) is 3.36. The maximum atomic E-state index is 12.4. The molecule has 0 spiro atoms. The van der Waals surface area contributed by atoms with E-state index < -0.39 is 16.0 Å². The molecule has 27 heavy (non-hydrogen) atoms. The fourth-order valence-corrected chi connectivity index (χ4v) is 3.49. The van der Waals surface area contributed by atoms with Crippen LogP contribution in [0.4, 0.5) is 0 Å². The van der Waals surface area contributed by atoms with Crippen molar-refractivity contribution in [3.63, 3.8) is 0 Å². The summed E-state index contributed by atoms with van der Waals surface area (Å²) in [5, 5.41) is 0.562. The van der Waals surface area contributed by atoms with Crippen molar-refractivity contribution in [2.24, 2.45) is 0 Å². The van der Waals surface area contributed by atoms with E-state index in [-0.39, 0.29) is 17.3 Å². The summed E-state index contributed by atoms with van der Waals surface area (Å²) < 4.78 is 36.2. The molecule has 8 heteroatoms. The number of halogens is 1. The molecule has 0 radical (unpaired) electrons. The average Bonchev–Trinajstić information content (AvgIpc) is 2.64. The first-order valence-electron chi connectivity index (χ1n) is 7.94. The number of esters is 1. The first-order chi connectivity index (χ1) is 12.7. The van der Waals surface area contributed by atoms with E-state index in [2.05, 4.69) is 0 Å². The van der Waals surface area contributed by atoms with Gasteiger partial charge in [-0.1, -0.05) is 29.8 Å². The SMILES string of the molecule is COc1ccc(/C=C/C(=O)OCc2cccc(Cl)c2)cc1S(=O)(=O)N(C)C. The zero-order chi connectivity index (χ0) is 20.0. The lowest BCUT2D eigenvalue weighted by molar-refractivity contribution is -0.138. The van der Waals surface area contributed by atoms with E-state index in [1.165, 1.54) is 45.5 Å². The molecule has 6 nitrogen and oxygen atoms in total. The second-order valence-electron chi connectivity index (χ2n) is 5.77. The van der Waals surface area contributed by atoms with E-state index in [4.69, 9.17) is 21.1 Å². The minimum absolute atomic E-state index is 0.0180. The molecule has 0 atom stereocenters. The lowest BCUT2D eigenvalue weighted by atomic mass is 10.2. The van der Waals surface area contributed by atoms with Crippen molar-refractivity contribution >= 4 is 33.7 Å². The van der Waals surface area contributed by atoms with Crippen LogP contribution in [0.15, 0.2) is 53.4 Å². The summed E-state index contributed by atoms with van der Waals surface area (Å²) in [4.78, 5) is 11.9. The molecule has 0 saturated carbocycles. The van der Waals surface area contributed by atoms with Crippen LogP contribution in [0.5, 0.6) is 5.75 Å². The fourth-order valence-electron chi connectivity index (χ4n) is 2.19. The average molecular weight is 410 g/mol. The Morgan fingerprint density at radius 3 is 2.56 bits per heavy atom. The van der Waals surface area contributed by atoms with E-state index in [9.17, 15) is 13.2 Å². The number of hydrogen-bond donors (Lipinski definition) is 0. The highest BCUT2D eigenvalue weighted by molar-refractivity contribution is 7.89. The van der Waals surface area contributed by atoms with Crippen LogP contribution in [0.3, 0.4) is 0 Å². The van der Waals surface area contributed by atoms with Crippen LogP contribution in [-0.4, -0.2) is 39.9 Å². The summed E-state index contributed by atoms with van der Waals surface area (Å²) in [5.41, 5.74) is 1.30. The lowest BCUT2D eigenvalue weighted by Crippen LogP contribution is -2.22. The predicted molar refractivity (Wildman–Crippen MR) is 104 cm³/mol. The molecule has 0 aliphatic heterocycles. The van der Waals surface area contributed by atoms with Crippen LogP contribution in [0, 0.1) is 0 Å². The number of carbonyl (C=O) groups is 1. The molecule has 2 rings (SSSR count). The highest BCUT2D eigenvalue weighted by Crippen LogP contribution is 2.27. The second kappa shape index (κ2) is 9.03. The number of hydrogen-bond acceptors (Lipinski definition) is 5. The minimum Gasteiger partial charge on any atom is -0.495 e. The van der Waals surface area contributed by atoms with Crippen molar-refractivity contribution in [3.8, 4) is 5.75 Å². The number of sulfonamides is 1. The van der Waals surface area contributed by atoms with Crippen molar-refractivity contribution in [2.75, 3.05) is 21.2 Å². The number of nitrogens with zero attached hydrogens (tertiary/aromatic N) is 1. The van der Waals surface area contributed by atoms with Gasteiger partial charge in [0.2, 0.25) is 10.0 Å². The molecule has 0 amide bonds. The first kappa shape index (κ1) is 21.0. The smallest absolute Gasteiger partial charge is 0.331 e. The van der Waals surface area contributed by atoms with Gasteiger partial charge in [0.25, 0.3) is 0 Å². The highest BCUT2D eigenvalue weighted by Gasteiger charge is 2.22. The normalized spacial score (nSPS) is 11.7. The summed E-state index contributed by atoms with van der Waals surface area (Å²) in [6.45, 7) is 0.0899. The summed E-state index contributed by atoms with van der Waals surface area (Å²) in [5.74, 6) is -0.327. The summed E-state index contributed by atoms with van der Waals surface area (Å²) in [6.07, 6.45) is 2.72. The molecular weight excluding hydrogens is 390 g/mol. The molecule has 0 unspecified atom stereocenters. The van der Waals surface area contributed by atoms with E-state index in [0.717, 1.165) is 9.87 Å². The molecule has 0 heterocycles. The molecule has 0 fully saturated rings. The molecule has 144 valence electrons. The number of ether oxygens (including phenoxy) is 2. The van der Waals surface area contributed by atoms with Gasteiger partial charge in [-0.2, -0.15) is 0 Å². The van der Waals surface area contributed by atoms with Crippen LogP contribution in [0.25, 0.3) is 6.08 Å². The molecular formula is C19H20ClNO5S. The minimum atomic E-state index is -3.69. The van der Waals surface area contributed by atoms with Gasteiger partial charge in [0.05, 0.1) is 7.11 Å². The van der Waals surface area contributed by atoms with Crippen LogP contribution in [0.2, 0.25) is 5.02 Å². The van der Waals surface area contributed by atoms with E-state index >= 15 is 0 Å². The maximum absolute atomic E-state index is 12.4. The third-order valence-corrected chi connectivity index (χ3v) is 5.70. The molecule has 0 saturated heterocycles. The van der Waals surface area contributed by atoms with Gasteiger partial charge in [-0.05, 0) is 41.5 Å². The van der Waals surface area contributed by atoms with Crippen molar-refractivity contribution in [3.05, 3.63) is 64.7 Å². The Hall–Kier alpha value is -2.35. The van der Waals surface area contributed by atoms with Gasteiger partial charge in [0.1, 0.15) is 17.3 Å². The second-order valence-corrected chi connectivity index (χ2v) is 8.33. The molecule has 0 bridgehead atoms. The monoisotopic (exact) mass is 409 g/mol. The summed E-state index contributed by atoms with van der Waals surface area (Å²) in [6, 6.07) is 11.6. The maximum Gasteiger partial charge on any atom is 0.331 e. The summed E-state index contributed by atoms with van der Waals surface area (Å²) in [7, 11) is 0.580. The van der Waals surface area contributed by atoms with Gasteiger partial charge < -0.3 is 9.47 Å². The van der Waals surface area contributed by atoms with Gasteiger partial charge in [-0.25, -0.2) is 17.5 Å². The van der Waals surface area contributed by atoms with Crippen LogP contribution >= 0.6 is 11.6 Å². The van der Waals surface area contributed by atoms with E-state index in [0.29, 0.717) is 10.6 Å².